The highest BCUT2D eigenvalue weighted by atomic mass is 35.5. The van der Waals surface area contributed by atoms with Gasteiger partial charge in [-0.25, -0.2) is 4.39 Å². The molecular weight excluding hydrogens is 353 g/mol. The molecule has 0 unspecified atom stereocenters. The molecule has 0 bridgehead atoms. The van der Waals surface area contributed by atoms with Gasteiger partial charge in [0, 0.05) is 16.7 Å². The zero-order valence-electron chi connectivity index (χ0n) is 13.1. The molecule has 1 heterocycles. The zero-order valence-corrected chi connectivity index (χ0v) is 14.7. The maximum absolute atomic E-state index is 14.3. The maximum Gasteiger partial charge on any atom is 0.238 e. The highest BCUT2D eigenvalue weighted by Crippen LogP contribution is 2.47. The lowest BCUT2D eigenvalue weighted by atomic mass is 10.1. The molecule has 126 valence electrons. The van der Waals surface area contributed by atoms with Crippen molar-refractivity contribution in [3.05, 3.63) is 52.8 Å². The normalized spacial score (nSPS) is 17.2. The molecule has 1 aliphatic rings. The van der Waals surface area contributed by atoms with Crippen molar-refractivity contribution in [2.24, 2.45) is 0 Å². The van der Waals surface area contributed by atoms with Crippen LogP contribution in [0.3, 0.4) is 0 Å². The van der Waals surface area contributed by atoms with Gasteiger partial charge in [-0.15, -0.1) is 11.8 Å². The van der Waals surface area contributed by atoms with E-state index in [2.05, 4.69) is 0 Å². The lowest BCUT2D eigenvalue weighted by Gasteiger charge is -2.27. The quantitative estimate of drug-likeness (QED) is 0.808. The lowest BCUT2D eigenvalue weighted by Crippen LogP contribution is -2.28. The van der Waals surface area contributed by atoms with Crippen LogP contribution in [0.5, 0.6) is 11.5 Å². The van der Waals surface area contributed by atoms with E-state index >= 15 is 0 Å². The van der Waals surface area contributed by atoms with Crippen molar-refractivity contribution in [2.45, 2.75) is 5.37 Å². The Morgan fingerprint density at radius 3 is 2.71 bits per heavy atom. The minimum absolute atomic E-state index is 0.132. The number of carbonyl (C=O) groups is 1. The van der Waals surface area contributed by atoms with Gasteiger partial charge < -0.3 is 9.47 Å². The molecule has 7 heteroatoms. The second-order valence-electron chi connectivity index (χ2n) is 5.10. The predicted molar refractivity (Wildman–Crippen MR) is 93.6 cm³/mol. The Kier molecular flexibility index (Phi) is 4.87. The number of ether oxygens (including phenoxy) is 2. The first-order valence-corrected chi connectivity index (χ1v) is 8.59. The van der Waals surface area contributed by atoms with Crippen LogP contribution in [0.1, 0.15) is 10.9 Å². The first kappa shape index (κ1) is 16.9. The minimum atomic E-state index is -0.548. The molecule has 2 aromatic rings. The third kappa shape index (κ3) is 2.91. The van der Waals surface area contributed by atoms with E-state index in [1.807, 2.05) is 0 Å². The number of nitrogens with zero attached hydrogens (tertiary/aromatic N) is 1. The number of rotatable bonds is 4. The van der Waals surface area contributed by atoms with E-state index in [9.17, 15) is 9.18 Å². The zero-order chi connectivity index (χ0) is 17.3. The summed E-state index contributed by atoms with van der Waals surface area (Å²) in [5, 5.41) is -0.256. The van der Waals surface area contributed by atoms with Gasteiger partial charge in [-0.05, 0) is 24.3 Å². The number of carbonyl (C=O) groups excluding carboxylic acids is 1. The van der Waals surface area contributed by atoms with Crippen LogP contribution in [-0.2, 0) is 4.79 Å². The first-order chi connectivity index (χ1) is 11.6. The van der Waals surface area contributed by atoms with Crippen molar-refractivity contribution in [2.75, 3.05) is 24.9 Å². The largest absolute Gasteiger partial charge is 0.497 e. The van der Waals surface area contributed by atoms with E-state index in [-0.39, 0.29) is 11.7 Å². The van der Waals surface area contributed by atoms with Crippen LogP contribution in [0.2, 0.25) is 5.02 Å². The molecule has 24 heavy (non-hydrogen) atoms. The summed E-state index contributed by atoms with van der Waals surface area (Å²) in [6.07, 6.45) is 0. The molecule has 2 aromatic carbocycles. The molecule has 1 aliphatic heterocycles. The Bertz CT molecular complexity index is 766. The van der Waals surface area contributed by atoms with Gasteiger partial charge in [0.25, 0.3) is 0 Å². The van der Waals surface area contributed by atoms with E-state index in [4.69, 9.17) is 21.1 Å². The fraction of sp³-hybridized carbons (Fsp3) is 0.235. The van der Waals surface area contributed by atoms with Crippen LogP contribution in [0.4, 0.5) is 10.1 Å². The first-order valence-electron chi connectivity index (χ1n) is 7.16. The number of amides is 1. The van der Waals surface area contributed by atoms with E-state index in [1.165, 1.54) is 29.8 Å². The average molecular weight is 368 g/mol. The van der Waals surface area contributed by atoms with Gasteiger partial charge in [0.2, 0.25) is 5.91 Å². The maximum atomic E-state index is 14.3. The van der Waals surface area contributed by atoms with Crippen molar-refractivity contribution >= 4 is 35.0 Å². The number of anilines is 1. The van der Waals surface area contributed by atoms with Crippen LogP contribution >= 0.6 is 23.4 Å². The molecule has 0 N–H and O–H groups in total. The second kappa shape index (κ2) is 6.91. The summed E-state index contributed by atoms with van der Waals surface area (Å²) >= 11 is 7.52. The summed E-state index contributed by atoms with van der Waals surface area (Å²) in [5.41, 5.74) is 0.852. The topological polar surface area (TPSA) is 38.8 Å². The van der Waals surface area contributed by atoms with E-state index in [0.29, 0.717) is 27.8 Å². The number of methoxy groups -OCH3 is 2. The van der Waals surface area contributed by atoms with Crippen LogP contribution in [0, 0.1) is 5.82 Å². The Morgan fingerprint density at radius 1 is 1.25 bits per heavy atom. The summed E-state index contributed by atoms with van der Waals surface area (Å²) in [6, 6.07) is 9.64. The summed E-state index contributed by atoms with van der Waals surface area (Å²) in [6.45, 7) is 0. The van der Waals surface area contributed by atoms with Crippen LogP contribution < -0.4 is 14.4 Å². The van der Waals surface area contributed by atoms with Crippen molar-refractivity contribution < 1.29 is 18.7 Å². The Hall–Kier alpha value is -1.92. The summed E-state index contributed by atoms with van der Waals surface area (Å²) in [5.74, 6) is 0.753. The highest BCUT2D eigenvalue weighted by molar-refractivity contribution is 8.00. The molecule has 3 rings (SSSR count). The molecule has 0 saturated carbocycles. The predicted octanol–water partition coefficient (Wildman–Crippen LogP) is 4.27. The van der Waals surface area contributed by atoms with Gasteiger partial charge >= 0.3 is 0 Å². The average Bonchev–Trinajstić information content (AvgIpc) is 2.95. The molecule has 0 aliphatic carbocycles. The van der Waals surface area contributed by atoms with E-state index in [1.54, 1.807) is 37.4 Å². The number of benzene rings is 2. The molecular formula is C17H15ClFNO3S. The molecule has 4 nitrogen and oxygen atoms in total. The fourth-order valence-corrected chi connectivity index (χ4v) is 4.19. The Balaban J connectivity index is 2.10. The number of hydrogen-bond donors (Lipinski definition) is 0. The summed E-state index contributed by atoms with van der Waals surface area (Å²) in [4.78, 5) is 14.0. The Labute approximate surface area is 148 Å². The highest BCUT2D eigenvalue weighted by Gasteiger charge is 2.38. The number of halogens is 2. The second-order valence-corrected chi connectivity index (χ2v) is 6.58. The number of hydrogen-bond acceptors (Lipinski definition) is 4. The Morgan fingerprint density at radius 2 is 2.04 bits per heavy atom. The summed E-state index contributed by atoms with van der Waals surface area (Å²) in [7, 11) is 3.06. The molecule has 1 fully saturated rings. The smallest absolute Gasteiger partial charge is 0.238 e. The third-order valence-electron chi connectivity index (χ3n) is 3.76. The minimum Gasteiger partial charge on any atom is -0.497 e. The van der Waals surface area contributed by atoms with Crippen LogP contribution in [-0.4, -0.2) is 25.9 Å². The SMILES string of the molecule is COc1ccc(N2C(=O)CS[C@H]2c2c(F)cccc2Cl)c(OC)c1. The van der Waals surface area contributed by atoms with E-state index in [0.717, 1.165) is 0 Å². The monoisotopic (exact) mass is 367 g/mol. The molecule has 1 amide bonds. The van der Waals surface area contributed by atoms with Crippen molar-refractivity contribution in [1.82, 2.24) is 0 Å². The van der Waals surface area contributed by atoms with Gasteiger partial charge in [-0.1, -0.05) is 17.7 Å². The molecule has 1 saturated heterocycles. The standard InChI is InChI=1S/C17H15ClFNO3S/c1-22-10-6-7-13(14(8-10)23-2)20-15(21)9-24-17(20)16-11(18)4-3-5-12(16)19/h3-8,17H,9H2,1-2H3/t17-/m0/s1. The molecule has 0 spiro atoms. The van der Waals surface area contributed by atoms with E-state index < -0.39 is 11.2 Å². The number of thioether (sulfide) groups is 1. The third-order valence-corrected chi connectivity index (χ3v) is 5.27. The lowest BCUT2D eigenvalue weighted by molar-refractivity contribution is -0.115. The van der Waals surface area contributed by atoms with Gasteiger partial charge in [-0.3, -0.25) is 9.69 Å². The van der Waals surface area contributed by atoms with Crippen LogP contribution in [0.15, 0.2) is 36.4 Å². The fourth-order valence-electron chi connectivity index (χ4n) is 2.63. The van der Waals surface area contributed by atoms with Gasteiger partial charge in [0.1, 0.15) is 22.7 Å². The van der Waals surface area contributed by atoms with Crippen LogP contribution in [0.25, 0.3) is 0 Å². The van der Waals surface area contributed by atoms with Gasteiger partial charge in [0.05, 0.1) is 25.7 Å². The molecule has 0 aromatic heterocycles. The van der Waals surface area contributed by atoms with Crippen molar-refractivity contribution in [1.29, 1.82) is 0 Å². The summed E-state index contributed by atoms with van der Waals surface area (Å²) < 4.78 is 24.9. The van der Waals surface area contributed by atoms with Crippen molar-refractivity contribution in [3.63, 3.8) is 0 Å². The van der Waals surface area contributed by atoms with Crippen molar-refractivity contribution in [3.8, 4) is 11.5 Å². The van der Waals surface area contributed by atoms with Gasteiger partial charge in [0.15, 0.2) is 0 Å². The molecule has 0 radical (unpaired) electrons. The molecule has 1 atom stereocenters. The van der Waals surface area contributed by atoms with Gasteiger partial charge in [-0.2, -0.15) is 0 Å².